The van der Waals surface area contributed by atoms with Crippen molar-refractivity contribution in [2.45, 2.75) is 19.8 Å². The largest absolute Gasteiger partial charge is 0.497 e. The van der Waals surface area contributed by atoms with Crippen LogP contribution in [0, 0.1) is 0 Å². The maximum absolute atomic E-state index is 11.6. The lowest BCUT2D eigenvalue weighted by atomic mass is 10.3. The number of carboxylic acid groups (broad SMARTS) is 1. The van der Waals surface area contributed by atoms with Gasteiger partial charge in [0.2, 0.25) is 0 Å². The molecule has 2 N–H and O–H groups in total. The highest BCUT2D eigenvalue weighted by atomic mass is 16.6. The molecule has 0 aliphatic rings. The van der Waals surface area contributed by atoms with Crippen LogP contribution in [0.4, 0.5) is 10.5 Å². The maximum atomic E-state index is 11.6. The minimum atomic E-state index is -1.07. The van der Waals surface area contributed by atoms with Crippen molar-refractivity contribution in [2.75, 3.05) is 25.3 Å². The molecule has 1 aromatic rings. The van der Waals surface area contributed by atoms with Crippen molar-refractivity contribution in [3.8, 4) is 5.75 Å². The number of hydrogen-bond acceptors (Lipinski definition) is 5. The standard InChI is InChI=1S/C14H20N2O5/c1-3-4-9-21-14(19)15-16(10-13(17)18)11-5-7-12(20-2)8-6-11/h5-8H,3-4,9-10H2,1-2H3,(H,15,19)(H,17,18). The molecule has 21 heavy (non-hydrogen) atoms. The number of nitrogens with one attached hydrogen (secondary N) is 1. The van der Waals surface area contributed by atoms with Crippen LogP contribution in [-0.2, 0) is 9.53 Å². The number of nitrogens with zero attached hydrogens (tertiary/aromatic N) is 1. The van der Waals surface area contributed by atoms with Crippen LogP contribution in [0.3, 0.4) is 0 Å². The Balaban J connectivity index is 2.70. The minimum Gasteiger partial charge on any atom is -0.497 e. The lowest BCUT2D eigenvalue weighted by Crippen LogP contribution is -2.45. The fourth-order valence-corrected chi connectivity index (χ4v) is 1.54. The minimum absolute atomic E-state index is 0.297. The number of hydrazine groups is 1. The zero-order chi connectivity index (χ0) is 15.7. The second-order valence-electron chi connectivity index (χ2n) is 4.28. The molecule has 0 atom stereocenters. The van der Waals surface area contributed by atoms with Crippen molar-refractivity contribution >= 4 is 17.7 Å². The summed E-state index contributed by atoms with van der Waals surface area (Å²) in [7, 11) is 1.54. The molecule has 0 unspecified atom stereocenters. The van der Waals surface area contributed by atoms with Gasteiger partial charge in [0.25, 0.3) is 0 Å². The SMILES string of the molecule is CCCCOC(=O)NN(CC(=O)O)c1ccc(OC)cc1. The molecule has 1 rings (SSSR count). The van der Waals surface area contributed by atoms with Crippen LogP contribution < -0.4 is 15.2 Å². The topological polar surface area (TPSA) is 88.1 Å². The maximum Gasteiger partial charge on any atom is 0.426 e. The lowest BCUT2D eigenvalue weighted by Gasteiger charge is -2.23. The van der Waals surface area contributed by atoms with Crippen molar-refractivity contribution in [1.29, 1.82) is 0 Å². The molecule has 0 saturated carbocycles. The number of carbonyl (C=O) groups is 2. The van der Waals surface area contributed by atoms with E-state index in [4.69, 9.17) is 14.6 Å². The first-order valence-corrected chi connectivity index (χ1v) is 6.63. The van der Waals surface area contributed by atoms with Gasteiger partial charge in [-0.1, -0.05) is 13.3 Å². The van der Waals surface area contributed by atoms with Crippen molar-refractivity contribution in [2.24, 2.45) is 0 Å². The molecule has 0 fully saturated rings. The van der Waals surface area contributed by atoms with Crippen LogP contribution in [0.1, 0.15) is 19.8 Å². The number of rotatable bonds is 8. The number of amides is 1. The molecule has 1 aromatic carbocycles. The van der Waals surface area contributed by atoms with E-state index in [0.717, 1.165) is 12.8 Å². The van der Waals surface area contributed by atoms with E-state index < -0.39 is 12.1 Å². The number of hydrogen-bond donors (Lipinski definition) is 2. The zero-order valence-corrected chi connectivity index (χ0v) is 12.2. The molecule has 0 heterocycles. The van der Waals surface area contributed by atoms with Crippen LogP contribution in [0.15, 0.2) is 24.3 Å². The Bertz CT molecular complexity index is 461. The van der Waals surface area contributed by atoms with E-state index in [-0.39, 0.29) is 6.54 Å². The Hall–Kier alpha value is -2.44. The first kappa shape index (κ1) is 16.6. The number of carbonyl (C=O) groups excluding carboxylic acids is 1. The van der Waals surface area contributed by atoms with Gasteiger partial charge in [-0.25, -0.2) is 10.2 Å². The number of ether oxygens (including phenoxy) is 2. The van der Waals surface area contributed by atoms with Gasteiger partial charge in [0.1, 0.15) is 12.3 Å². The molecule has 1 amide bonds. The summed E-state index contributed by atoms with van der Waals surface area (Å²) >= 11 is 0. The summed E-state index contributed by atoms with van der Waals surface area (Å²) in [6, 6.07) is 6.64. The van der Waals surface area contributed by atoms with Crippen LogP contribution in [0.2, 0.25) is 0 Å². The van der Waals surface area contributed by atoms with Crippen LogP contribution in [0.5, 0.6) is 5.75 Å². The molecule has 0 aliphatic heterocycles. The quantitative estimate of drug-likeness (QED) is 0.563. The van der Waals surface area contributed by atoms with E-state index in [9.17, 15) is 9.59 Å². The zero-order valence-electron chi connectivity index (χ0n) is 12.2. The average molecular weight is 296 g/mol. The number of carboxylic acids is 1. The second-order valence-corrected chi connectivity index (χ2v) is 4.28. The van der Waals surface area contributed by atoms with Crippen molar-refractivity contribution < 1.29 is 24.2 Å². The van der Waals surface area contributed by atoms with Gasteiger partial charge < -0.3 is 14.6 Å². The van der Waals surface area contributed by atoms with Gasteiger partial charge in [0.05, 0.1) is 19.4 Å². The summed E-state index contributed by atoms with van der Waals surface area (Å²) in [5.41, 5.74) is 2.93. The van der Waals surface area contributed by atoms with Crippen molar-refractivity contribution in [1.82, 2.24) is 5.43 Å². The first-order chi connectivity index (χ1) is 10.1. The Morgan fingerprint density at radius 1 is 1.29 bits per heavy atom. The number of aliphatic carboxylic acids is 1. The van der Waals surface area contributed by atoms with E-state index in [1.165, 1.54) is 12.1 Å². The van der Waals surface area contributed by atoms with Gasteiger partial charge in [-0.05, 0) is 30.7 Å². The van der Waals surface area contributed by atoms with E-state index >= 15 is 0 Å². The Labute approximate surface area is 123 Å². The van der Waals surface area contributed by atoms with E-state index in [0.29, 0.717) is 18.0 Å². The molecule has 0 aromatic heterocycles. The van der Waals surface area contributed by atoms with Crippen LogP contribution >= 0.6 is 0 Å². The average Bonchev–Trinajstić information content (AvgIpc) is 2.46. The predicted octanol–water partition coefficient (Wildman–Crippen LogP) is 2.03. The fourth-order valence-electron chi connectivity index (χ4n) is 1.54. The molecule has 7 heteroatoms. The van der Waals surface area contributed by atoms with Gasteiger partial charge in [-0.3, -0.25) is 9.80 Å². The summed E-state index contributed by atoms with van der Waals surface area (Å²) in [5.74, 6) is -0.431. The molecular weight excluding hydrogens is 276 g/mol. The normalized spacial score (nSPS) is 9.81. The Morgan fingerprint density at radius 2 is 1.95 bits per heavy atom. The predicted molar refractivity (Wildman–Crippen MR) is 77.4 cm³/mol. The summed E-state index contributed by atoms with van der Waals surface area (Å²) in [6.07, 6.45) is 0.986. The van der Waals surface area contributed by atoms with E-state index in [2.05, 4.69) is 5.43 Å². The third-order valence-electron chi connectivity index (χ3n) is 2.63. The summed E-state index contributed by atoms with van der Waals surface area (Å²) < 4.78 is 9.98. The van der Waals surface area contributed by atoms with Gasteiger partial charge in [0, 0.05) is 0 Å². The number of methoxy groups -OCH3 is 1. The second kappa shape index (κ2) is 8.68. The van der Waals surface area contributed by atoms with Gasteiger partial charge >= 0.3 is 12.1 Å². The number of benzene rings is 1. The van der Waals surface area contributed by atoms with Gasteiger partial charge in [-0.2, -0.15) is 0 Å². The van der Waals surface area contributed by atoms with E-state index in [1.54, 1.807) is 24.3 Å². The number of unbranched alkanes of at least 4 members (excludes halogenated alkanes) is 1. The Morgan fingerprint density at radius 3 is 2.48 bits per heavy atom. The van der Waals surface area contributed by atoms with Crippen molar-refractivity contribution in [3.63, 3.8) is 0 Å². The van der Waals surface area contributed by atoms with Gasteiger partial charge in [0.15, 0.2) is 0 Å². The van der Waals surface area contributed by atoms with Gasteiger partial charge in [-0.15, -0.1) is 0 Å². The summed E-state index contributed by atoms with van der Waals surface area (Å²) in [5, 5.41) is 10.1. The fraction of sp³-hybridized carbons (Fsp3) is 0.429. The highest BCUT2D eigenvalue weighted by molar-refractivity contribution is 5.77. The third kappa shape index (κ3) is 6.03. The molecule has 116 valence electrons. The summed E-state index contributed by atoms with van der Waals surface area (Å²) in [4.78, 5) is 22.5. The number of anilines is 1. The molecule has 0 saturated heterocycles. The Kier molecular flexibility index (Phi) is 6.86. The molecular formula is C14H20N2O5. The highest BCUT2D eigenvalue weighted by Gasteiger charge is 2.14. The molecule has 0 bridgehead atoms. The monoisotopic (exact) mass is 296 g/mol. The summed E-state index contributed by atoms with van der Waals surface area (Å²) in [6.45, 7) is 1.90. The highest BCUT2D eigenvalue weighted by Crippen LogP contribution is 2.17. The third-order valence-corrected chi connectivity index (χ3v) is 2.63. The lowest BCUT2D eigenvalue weighted by molar-refractivity contribution is -0.135. The molecule has 0 radical (unpaired) electrons. The molecule has 0 spiro atoms. The van der Waals surface area contributed by atoms with Crippen LogP contribution in [0.25, 0.3) is 0 Å². The van der Waals surface area contributed by atoms with E-state index in [1.807, 2.05) is 6.92 Å². The first-order valence-electron chi connectivity index (χ1n) is 6.63. The molecule has 7 nitrogen and oxygen atoms in total. The smallest absolute Gasteiger partial charge is 0.426 e. The van der Waals surface area contributed by atoms with Crippen LogP contribution in [-0.4, -0.2) is 37.4 Å². The molecule has 0 aliphatic carbocycles. The van der Waals surface area contributed by atoms with Crippen molar-refractivity contribution in [3.05, 3.63) is 24.3 Å².